The summed E-state index contributed by atoms with van der Waals surface area (Å²) in [5.74, 6) is 0.984. The Morgan fingerprint density at radius 3 is 2.61 bits per heavy atom. The lowest BCUT2D eigenvalue weighted by Crippen LogP contribution is -2.43. The highest BCUT2D eigenvalue weighted by atomic mass is 16.5. The van der Waals surface area contributed by atoms with Crippen molar-refractivity contribution in [3.8, 4) is 11.5 Å². The summed E-state index contributed by atoms with van der Waals surface area (Å²) in [5.41, 5.74) is 0.0682. The molecule has 4 rings (SSSR count). The van der Waals surface area contributed by atoms with Crippen molar-refractivity contribution in [2.75, 3.05) is 14.2 Å². The molecule has 2 aromatic rings. The van der Waals surface area contributed by atoms with Crippen molar-refractivity contribution < 1.29 is 13.9 Å². The molecule has 2 aliphatic heterocycles. The van der Waals surface area contributed by atoms with Crippen molar-refractivity contribution in [3.63, 3.8) is 0 Å². The molecule has 2 aliphatic rings. The molecule has 0 amide bonds. The van der Waals surface area contributed by atoms with E-state index in [2.05, 4.69) is 11.9 Å². The number of piperidine rings is 1. The van der Waals surface area contributed by atoms with Crippen LogP contribution >= 0.6 is 0 Å². The van der Waals surface area contributed by atoms with Crippen molar-refractivity contribution >= 4 is 11.0 Å². The molecule has 122 valence electrons. The highest BCUT2D eigenvalue weighted by molar-refractivity contribution is 5.79. The molecule has 1 aromatic heterocycles. The minimum atomic E-state index is -0.463. The van der Waals surface area contributed by atoms with Gasteiger partial charge in [-0.25, -0.2) is 4.79 Å². The first kappa shape index (κ1) is 14.6. The third-order valence-electron chi connectivity index (χ3n) is 5.25. The predicted octanol–water partition coefficient (Wildman–Crippen LogP) is 2.81. The zero-order chi connectivity index (χ0) is 16.0. The SMILES string of the molecule is COc1cc2ccc(OC3C[C@H]4CC[C@@H](C3)N4C)cc2oc1=O. The smallest absolute Gasteiger partial charge is 0.379 e. The van der Waals surface area contributed by atoms with Crippen LogP contribution in [0.1, 0.15) is 25.7 Å². The number of methoxy groups -OCH3 is 1. The summed E-state index contributed by atoms with van der Waals surface area (Å²) in [4.78, 5) is 14.2. The number of fused-ring (bicyclic) bond motifs is 3. The summed E-state index contributed by atoms with van der Waals surface area (Å²) in [7, 11) is 3.68. The third kappa shape index (κ3) is 2.59. The Labute approximate surface area is 134 Å². The Balaban J connectivity index is 1.57. The Morgan fingerprint density at radius 1 is 1.17 bits per heavy atom. The van der Waals surface area contributed by atoms with Crippen LogP contribution in [0.2, 0.25) is 0 Å². The quantitative estimate of drug-likeness (QED) is 0.815. The van der Waals surface area contributed by atoms with E-state index in [-0.39, 0.29) is 11.9 Å². The van der Waals surface area contributed by atoms with Crippen LogP contribution in [0.15, 0.2) is 33.5 Å². The molecular weight excluding hydrogens is 294 g/mol. The Hall–Kier alpha value is -2.01. The minimum absolute atomic E-state index is 0.220. The molecule has 3 atom stereocenters. The van der Waals surface area contributed by atoms with Crippen LogP contribution in [0.5, 0.6) is 11.5 Å². The van der Waals surface area contributed by atoms with Gasteiger partial charge in [-0.05, 0) is 50.9 Å². The highest BCUT2D eigenvalue weighted by Crippen LogP contribution is 2.36. The maximum Gasteiger partial charge on any atom is 0.379 e. The molecule has 5 heteroatoms. The molecule has 2 saturated heterocycles. The second-order valence-electron chi connectivity index (χ2n) is 6.56. The summed E-state index contributed by atoms with van der Waals surface area (Å²) in [6, 6.07) is 8.61. The molecule has 0 N–H and O–H groups in total. The number of nitrogens with zero attached hydrogens (tertiary/aromatic N) is 1. The van der Waals surface area contributed by atoms with E-state index < -0.39 is 5.63 Å². The monoisotopic (exact) mass is 315 g/mol. The van der Waals surface area contributed by atoms with Crippen LogP contribution in [0, 0.1) is 0 Å². The topological polar surface area (TPSA) is 51.9 Å². The third-order valence-corrected chi connectivity index (χ3v) is 5.25. The van der Waals surface area contributed by atoms with Gasteiger partial charge in [-0.3, -0.25) is 0 Å². The van der Waals surface area contributed by atoms with Gasteiger partial charge in [0.25, 0.3) is 0 Å². The van der Waals surface area contributed by atoms with E-state index in [4.69, 9.17) is 13.9 Å². The highest BCUT2D eigenvalue weighted by Gasteiger charge is 2.39. The molecular formula is C18H21NO4. The molecule has 0 saturated carbocycles. The van der Waals surface area contributed by atoms with E-state index in [0.717, 1.165) is 24.0 Å². The Bertz CT molecular complexity index is 770. The van der Waals surface area contributed by atoms with Crippen molar-refractivity contribution in [2.24, 2.45) is 0 Å². The second kappa shape index (κ2) is 5.57. The summed E-state index contributed by atoms with van der Waals surface area (Å²) in [5, 5.41) is 0.831. The van der Waals surface area contributed by atoms with E-state index in [0.29, 0.717) is 17.7 Å². The largest absolute Gasteiger partial charge is 0.490 e. The zero-order valence-corrected chi connectivity index (χ0v) is 13.5. The van der Waals surface area contributed by atoms with Crippen molar-refractivity contribution in [1.29, 1.82) is 0 Å². The summed E-state index contributed by atoms with van der Waals surface area (Å²) >= 11 is 0. The van der Waals surface area contributed by atoms with Gasteiger partial charge < -0.3 is 18.8 Å². The maximum absolute atomic E-state index is 11.8. The predicted molar refractivity (Wildman–Crippen MR) is 87.3 cm³/mol. The lowest BCUT2D eigenvalue weighted by molar-refractivity contribution is 0.0662. The van der Waals surface area contributed by atoms with E-state index >= 15 is 0 Å². The van der Waals surface area contributed by atoms with Gasteiger partial charge in [0.2, 0.25) is 5.75 Å². The Morgan fingerprint density at radius 2 is 1.91 bits per heavy atom. The first-order chi connectivity index (χ1) is 11.1. The fraction of sp³-hybridized carbons (Fsp3) is 0.500. The van der Waals surface area contributed by atoms with Crippen molar-refractivity contribution in [1.82, 2.24) is 4.90 Å². The van der Waals surface area contributed by atoms with E-state index in [9.17, 15) is 4.79 Å². The zero-order valence-electron chi connectivity index (χ0n) is 13.5. The fourth-order valence-electron chi connectivity index (χ4n) is 3.94. The van der Waals surface area contributed by atoms with Crippen LogP contribution in [-0.4, -0.2) is 37.2 Å². The molecule has 0 spiro atoms. The summed E-state index contributed by atoms with van der Waals surface area (Å²) in [6.45, 7) is 0. The van der Waals surface area contributed by atoms with Gasteiger partial charge in [0, 0.05) is 23.5 Å². The molecule has 2 bridgehead atoms. The van der Waals surface area contributed by atoms with Gasteiger partial charge in [-0.2, -0.15) is 0 Å². The van der Waals surface area contributed by atoms with Crippen LogP contribution in [0.3, 0.4) is 0 Å². The van der Waals surface area contributed by atoms with Gasteiger partial charge in [0.1, 0.15) is 17.4 Å². The minimum Gasteiger partial charge on any atom is -0.490 e. The molecule has 3 heterocycles. The molecule has 5 nitrogen and oxygen atoms in total. The number of benzene rings is 1. The Kier molecular flexibility index (Phi) is 3.53. The average molecular weight is 315 g/mol. The molecule has 0 radical (unpaired) electrons. The lowest BCUT2D eigenvalue weighted by atomic mass is 10.0. The number of hydrogen-bond acceptors (Lipinski definition) is 5. The van der Waals surface area contributed by atoms with Gasteiger partial charge in [0.15, 0.2) is 0 Å². The maximum atomic E-state index is 11.8. The number of hydrogen-bond donors (Lipinski definition) is 0. The number of rotatable bonds is 3. The van der Waals surface area contributed by atoms with Crippen LogP contribution in [0.4, 0.5) is 0 Å². The second-order valence-corrected chi connectivity index (χ2v) is 6.56. The van der Waals surface area contributed by atoms with Crippen molar-refractivity contribution in [3.05, 3.63) is 34.7 Å². The fourth-order valence-corrected chi connectivity index (χ4v) is 3.94. The van der Waals surface area contributed by atoms with Gasteiger partial charge in [-0.15, -0.1) is 0 Å². The summed E-state index contributed by atoms with van der Waals surface area (Å²) < 4.78 is 16.5. The van der Waals surface area contributed by atoms with Gasteiger partial charge in [-0.1, -0.05) is 0 Å². The average Bonchev–Trinajstić information content (AvgIpc) is 2.75. The van der Waals surface area contributed by atoms with E-state index in [1.807, 2.05) is 12.1 Å². The van der Waals surface area contributed by atoms with E-state index in [1.165, 1.54) is 20.0 Å². The van der Waals surface area contributed by atoms with Gasteiger partial charge in [0.05, 0.1) is 7.11 Å². The normalized spacial score (nSPS) is 27.3. The molecule has 1 aromatic carbocycles. The first-order valence-corrected chi connectivity index (χ1v) is 8.14. The van der Waals surface area contributed by atoms with Crippen LogP contribution < -0.4 is 15.1 Å². The van der Waals surface area contributed by atoms with Crippen LogP contribution in [0.25, 0.3) is 11.0 Å². The number of ether oxygens (including phenoxy) is 2. The molecule has 0 aliphatic carbocycles. The summed E-state index contributed by atoms with van der Waals surface area (Å²) in [6.07, 6.45) is 4.92. The molecule has 2 fully saturated rings. The lowest BCUT2D eigenvalue weighted by Gasteiger charge is -2.36. The van der Waals surface area contributed by atoms with Crippen LogP contribution in [-0.2, 0) is 0 Å². The van der Waals surface area contributed by atoms with E-state index in [1.54, 1.807) is 12.1 Å². The first-order valence-electron chi connectivity index (χ1n) is 8.14. The molecule has 1 unspecified atom stereocenters. The molecule has 23 heavy (non-hydrogen) atoms. The van der Waals surface area contributed by atoms with Gasteiger partial charge >= 0.3 is 5.63 Å². The standard InChI is InChI=1S/C18H21NO4/c1-19-12-4-5-13(19)9-15(8-12)22-14-6-3-11-7-17(21-2)18(20)23-16(11)10-14/h3,6-7,10,12-13,15H,4-5,8-9H2,1-2H3/t12-,13+,15?. The van der Waals surface area contributed by atoms with Crippen molar-refractivity contribution in [2.45, 2.75) is 43.9 Å².